The van der Waals surface area contributed by atoms with Crippen molar-refractivity contribution in [3.8, 4) is 0 Å². The predicted octanol–water partition coefficient (Wildman–Crippen LogP) is 1.84. The number of rotatable bonds is 6. The van der Waals surface area contributed by atoms with E-state index in [4.69, 9.17) is 0 Å². The summed E-state index contributed by atoms with van der Waals surface area (Å²) in [6.45, 7) is 5.41. The molecule has 0 atom stereocenters. The summed E-state index contributed by atoms with van der Waals surface area (Å²) in [6.07, 6.45) is 0.485. The number of carbonyl (C=O) groups is 1. The molecule has 0 saturated heterocycles. The Hall–Kier alpha value is -1.88. The quantitative estimate of drug-likeness (QED) is 0.845. The van der Waals surface area contributed by atoms with Gasteiger partial charge in [-0.1, -0.05) is 12.1 Å². The third-order valence-corrected chi connectivity index (χ3v) is 3.23. The molecule has 1 aromatic heterocycles. The van der Waals surface area contributed by atoms with E-state index in [9.17, 15) is 4.79 Å². The second-order valence-corrected chi connectivity index (χ2v) is 5.11. The molecule has 1 amide bonds. The molecular formula is C15H22N4O. The van der Waals surface area contributed by atoms with Crippen molar-refractivity contribution in [3.63, 3.8) is 0 Å². The van der Waals surface area contributed by atoms with Crippen molar-refractivity contribution in [2.75, 3.05) is 13.6 Å². The molecule has 1 heterocycles. The van der Waals surface area contributed by atoms with Gasteiger partial charge in [0.1, 0.15) is 5.82 Å². The fourth-order valence-electron chi connectivity index (χ4n) is 2.30. The van der Waals surface area contributed by atoms with Crippen LogP contribution >= 0.6 is 0 Å². The monoisotopic (exact) mass is 274 g/mol. The fourth-order valence-corrected chi connectivity index (χ4v) is 2.30. The lowest BCUT2D eigenvalue weighted by molar-refractivity contribution is -0.121. The topological polar surface area (TPSA) is 59.0 Å². The van der Waals surface area contributed by atoms with E-state index in [1.54, 1.807) is 0 Å². The Bertz CT molecular complexity index is 589. The summed E-state index contributed by atoms with van der Waals surface area (Å²) in [4.78, 5) is 16.3. The third kappa shape index (κ3) is 3.17. The number of fused-ring (bicyclic) bond motifs is 1. The third-order valence-electron chi connectivity index (χ3n) is 3.23. The molecule has 0 radical (unpaired) electrons. The van der Waals surface area contributed by atoms with E-state index in [2.05, 4.69) is 40.1 Å². The molecule has 0 aliphatic heterocycles. The van der Waals surface area contributed by atoms with Gasteiger partial charge in [0.15, 0.2) is 0 Å². The van der Waals surface area contributed by atoms with Crippen molar-refractivity contribution in [3.05, 3.63) is 30.1 Å². The lowest BCUT2D eigenvalue weighted by Crippen LogP contribution is -2.27. The largest absolute Gasteiger partial charge is 0.349 e. The molecule has 1 aromatic carbocycles. The zero-order valence-corrected chi connectivity index (χ0v) is 12.3. The smallest absolute Gasteiger partial charge is 0.221 e. The average Bonchev–Trinajstić information content (AvgIpc) is 2.81. The van der Waals surface area contributed by atoms with Crippen LogP contribution in [0.15, 0.2) is 24.3 Å². The minimum atomic E-state index is 0.0433. The van der Waals surface area contributed by atoms with Crippen LogP contribution in [0.2, 0.25) is 0 Å². The van der Waals surface area contributed by atoms with Crippen LogP contribution in [-0.4, -0.2) is 29.1 Å². The highest BCUT2D eigenvalue weighted by Gasteiger charge is 2.13. The van der Waals surface area contributed by atoms with Crippen molar-refractivity contribution in [2.24, 2.45) is 0 Å². The molecule has 0 fully saturated rings. The molecule has 5 nitrogen and oxygen atoms in total. The number of hydrogen-bond acceptors (Lipinski definition) is 3. The maximum atomic E-state index is 11.7. The maximum absolute atomic E-state index is 11.7. The van der Waals surface area contributed by atoms with E-state index >= 15 is 0 Å². The normalized spacial score (nSPS) is 11.2. The van der Waals surface area contributed by atoms with E-state index in [1.807, 2.05) is 25.2 Å². The van der Waals surface area contributed by atoms with Gasteiger partial charge in [0.2, 0.25) is 5.91 Å². The van der Waals surface area contributed by atoms with Crippen LogP contribution in [0.4, 0.5) is 0 Å². The van der Waals surface area contributed by atoms with Crippen molar-refractivity contribution in [1.82, 2.24) is 20.2 Å². The van der Waals surface area contributed by atoms with Gasteiger partial charge >= 0.3 is 0 Å². The molecule has 0 bridgehead atoms. The first-order valence-electron chi connectivity index (χ1n) is 7.00. The number of benzene rings is 1. The molecule has 20 heavy (non-hydrogen) atoms. The van der Waals surface area contributed by atoms with Crippen LogP contribution in [0.5, 0.6) is 0 Å². The van der Waals surface area contributed by atoms with Gasteiger partial charge in [0.25, 0.3) is 0 Å². The van der Waals surface area contributed by atoms with Gasteiger partial charge in [-0.25, -0.2) is 4.98 Å². The molecule has 2 N–H and O–H groups in total. The Kier molecular flexibility index (Phi) is 4.74. The summed E-state index contributed by atoms with van der Waals surface area (Å²) in [5.41, 5.74) is 2.09. The predicted molar refractivity (Wildman–Crippen MR) is 80.5 cm³/mol. The number of carbonyl (C=O) groups excluding carboxylic acids is 1. The Balaban J connectivity index is 2.17. The first-order valence-corrected chi connectivity index (χ1v) is 7.00. The summed E-state index contributed by atoms with van der Waals surface area (Å²) in [5, 5.41) is 5.89. The maximum Gasteiger partial charge on any atom is 0.221 e. The number of hydrogen-bond donors (Lipinski definition) is 2. The lowest BCUT2D eigenvalue weighted by atomic mass is 10.3. The molecule has 2 aromatic rings. The summed E-state index contributed by atoms with van der Waals surface area (Å²) in [6, 6.07) is 8.37. The standard InChI is InChI=1S/C15H22N4O/c1-11(2)19-13-7-5-4-6-12(13)18-14(19)10-17-15(20)8-9-16-3/h4-7,11,16H,8-10H2,1-3H3,(H,17,20). The van der Waals surface area contributed by atoms with E-state index in [0.29, 0.717) is 25.6 Å². The van der Waals surface area contributed by atoms with Gasteiger partial charge in [-0.05, 0) is 33.0 Å². The Morgan fingerprint density at radius 2 is 2.10 bits per heavy atom. The zero-order chi connectivity index (χ0) is 14.5. The van der Waals surface area contributed by atoms with Crippen LogP contribution in [-0.2, 0) is 11.3 Å². The summed E-state index contributed by atoms with van der Waals surface area (Å²) in [7, 11) is 1.84. The minimum absolute atomic E-state index is 0.0433. The molecule has 0 unspecified atom stereocenters. The van der Waals surface area contributed by atoms with Crippen molar-refractivity contribution >= 4 is 16.9 Å². The van der Waals surface area contributed by atoms with E-state index in [-0.39, 0.29) is 5.91 Å². The second kappa shape index (κ2) is 6.52. The van der Waals surface area contributed by atoms with Gasteiger partial charge in [-0.15, -0.1) is 0 Å². The van der Waals surface area contributed by atoms with E-state index in [0.717, 1.165) is 16.9 Å². The molecule has 0 saturated carbocycles. The van der Waals surface area contributed by atoms with Crippen LogP contribution in [0, 0.1) is 0 Å². The highest BCUT2D eigenvalue weighted by atomic mass is 16.1. The first-order chi connectivity index (χ1) is 9.63. The Morgan fingerprint density at radius 3 is 2.80 bits per heavy atom. The van der Waals surface area contributed by atoms with Gasteiger partial charge in [-0.3, -0.25) is 4.79 Å². The molecule has 0 spiro atoms. The number of amides is 1. The highest BCUT2D eigenvalue weighted by Crippen LogP contribution is 2.20. The summed E-state index contributed by atoms with van der Waals surface area (Å²) in [5.74, 6) is 0.945. The van der Waals surface area contributed by atoms with E-state index in [1.165, 1.54) is 0 Å². The van der Waals surface area contributed by atoms with Crippen LogP contribution in [0.25, 0.3) is 11.0 Å². The molecule has 108 valence electrons. The number of nitrogens with one attached hydrogen (secondary N) is 2. The fraction of sp³-hybridized carbons (Fsp3) is 0.467. The molecule has 2 rings (SSSR count). The summed E-state index contributed by atoms with van der Waals surface area (Å²) < 4.78 is 2.17. The average molecular weight is 274 g/mol. The van der Waals surface area contributed by atoms with Crippen LogP contribution in [0.1, 0.15) is 32.1 Å². The summed E-state index contributed by atoms with van der Waals surface area (Å²) >= 11 is 0. The lowest BCUT2D eigenvalue weighted by Gasteiger charge is -2.13. The number of aromatic nitrogens is 2. The first kappa shape index (κ1) is 14.5. The van der Waals surface area contributed by atoms with Gasteiger partial charge in [-0.2, -0.15) is 0 Å². The van der Waals surface area contributed by atoms with Gasteiger partial charge in [0, 0.05) is 19.0 Å². The highest BCUT2D eigenvalue weighted by molar-refractivity contribution is 5.77. The minimum Gasteiger partial charge on any atom is -0.349 e. The van der Waals surface area contributed by atoms with Gasteiger partial charge in [0.05, 0.1) is 17.6 Å². The van der Waals surface area contributed by atoms with Crippen molar-refractivity contribution in [2.45, 2.75) is 32.9 Å². The molecule has 5 heteroatoms. The molecule has 0 aliphatic rings. The van der Waals surface area contributed by atoms with Gasteiger partial charge < -0.3 is 15.2 Å². The number of nitrogens with zero attached hydrogens (tertiary/aromatic N) is 2. The Labute approximate surface area is 119 Å². The van der Waals surface area contributed by atoms with Crippen LogP contribution in [0.3, 0.4) is 0 Å². The number of imidazole rings is 1. The second-order valence-electron chi connectivity index (χ2n) is 5.11. The Morgan fingerprint density at radius 1 is 1.35 bits per heavy atom. The number of para-hydroxylation sites is 2. The SMILES string of the molecule is CNCCC(=O)NCc1nc2ccccc2n1C(C)C. The molecule has 0 aliphatic carbocycles. The molecular weight excluding hydrogens is 252 g/mol. The van der Waals surface area contributed by atoms with Crippen molar-refractivity contribution in [1.29, 1.82) is 0 Å². The van der Waals surface area contributed by atoms with Crippen molar-refractivity contribution < 1.29 is 4.79 Å². The zero-order valence-electron chi connectivity index (χ0n) is 12.3. The van der Waals surface area contributed by atoms with Crippen LogP contribution < -0.4 is 10.6 Å². The van der Waals surface area contributed by atoms with E-state index < -0.39 is 0 Å².